The molecule has 0 aromatic heterocycles. The van der Waals surface area contributed by atoms with E-state index in [2.05, 4.69) is 5.32 Å². The van der Waals surface area contributed by atoms with E-state index in [1.807, 2.05) is 0 Å². The van der Waals surface area contributed by atoms with E-state index in [4.69, 9.17) is 11.6 Å². The zero-order chi connectivity index (χ0) is 22.1. The van der Waals surface area contributed by atoms with Gasteiger partial charge in [0.1, 0.15) is 12.4 Å². The van der Waals surface area contributed by atoms with Crippen molar-refractivity contribution in [1.29, 1.82) is 0 Å². The van der Waals surface area contributed by atoms with Gasteiger partial charge in [0, 0.05) is 5.69 Å². The summed E-state index contributed by atoms with van der Waals surface area (Å²) in [6.45, 7) is -0.625. The van der Waals surface area contributed by atoms with E-state index in [0.29, 0.717) is 16.7 Å². The van der Waals surface area contributed by atoms with Crippen LogP contribution >= 0.6 is 23.4 Å². The molecule has 2 aromatic carbocycles. The number of hydrogen-bond acceptors (Lipinski definition) is 4. The van der Waals surface area contributed by atoms with E-state index in [1.54, 1.807) is 0 Å². The largest absolute Gasteiger partial charge is 0.416 e. The molecule has 156 valence electrons. The summed E-state index contributed by atoms with van der Waals surface area (Å²) in [5, 5.41) is 1.41. The summed E-state index contributed by atoms with van der Waals surface area (Å²) < 4.78 is 51.6. The fourth-order valence-electron chi connectivity index (χ4n) is 2.51. The highest BCUT2D eigenvalue weighted by molar-refractivity contribution is 8.18. The van der Waals surface area contributed by atoms with E-state index in [0.717, 1.165) is 30.3 Å². The summed E-state index contributed by atoms with van der Waals surface area (Å²) in [7, 11) is 0. The molecule has 0 bridgehead atoms. The Bertz CT molecular complexity index is 1070. The van der Waals surface area contributed by atoms with E-state index in [9.17, 15) is 31.9 Å². The van der Waals surface area contributed by atoms with Gasteiger partial charge in [0.05, 0.1) is 15.5 Å². The maximum Gasteiger partial charge on any atom is 0.416 e. The van der Waals surface area contributed by atoms with Gasteiger partial charge < -0.3 is 5.32 Å². The number of hydrogen-bond donors (Lipinski definition) is 1. The predicted octanol–water partition coefficient (Wildman–Crippen LogP) is 5.17. The van der Waals surface area contributed by atoms with Crippen LogP contribution in [0.1, 0.15) is 11.1 Å². The first-order valence-corrected chi connectivity index (χ1v) is 9.41. The lowest BCUT2D eigenvalue weighted by atomic mass is 10.1. The number of nitrogens with one attached hydrogen (secondary N) is 1. The van der Waals surface area contributed by atoms with Crippen LogP contribution in [-0.4, -0.2) is 28.5 Å². The van der Waals surface area contributed by atoms with E-state index in [-0.39, 0.29) is 21.2 Å². The van der Waals surface area contributed by atoms with Crippen molar-refractivity contribution in [2.75, 3.05) is 11.9 Å². The van der Waals surface area contributed by atoms with Crippen LogP contribution < -0.4 is 5.32 Å². The second kappa shape index (κ2) is 8.49. The molecule has 1 N–H and O–H groups in total. The van der Waals surface area contributed by atoms with Crippen molar-refractivity contribution in [3.05, 3.63) is 69.3 Å². The fourth-order valence-corrected chi connectivity index (χ4v) is 3.53. The van der Waals surface area contributed by atoms with Crippen molar-refractivity contribution in [3.63, 3.8) is 0 Å². The van der Waals surface area contributed by atoms with Crippen LogP contribution in [0.15, 0.2) is 47.4 Å². The first-order chi connectivity index (χ1) is 14.0. The maximum absolute atomic E-state index is 13.2. The highest BCUT2D eigenvalue weighted by Crippen LogP contribution is 2.34. The number of thioether (sulfide) groups is 1. The van der Waals surface area contributed by atoms with Crippen LogP contribution in [0.5, 0.6) is 0 Å². The molecule has 3 rings (SSSR count). The molecule has 0 atom stereocenters. The molecule has 1 aliphatic heterocycles. The van der Waals surface area contributed by atoms with Gasteiger partial charge >= 0.3 is 6.18 Å². The van der Waals surface area contributed by atoms with Crippen molar-refractivity contribution in [2.24, 2.45) is 0 Å². The number of amides is 3. The fraction of sp³-hybridized carbons (Fsp3) is 0.105. The lowest BCUT2D eigenvalue weighted by Gasteiger charge is -2.12. The van der Waals surface area contributed by atoms with E-state index < -0.39 is 41.2 Å². The Morgan fingerprint density at radius 1 is 1.17 bits per heavy atom. The lowest BCUT2D eigenvalue weighted by molar-refractivity contribution is -0.137. The SMILES string of the molecule is O=C(CN1C(=O)S/C(=C/c2cccc(C(F)(F)F)c2)C1=O)Nc1ccc(F)c(Cl)c1. The number of carbonyl (C=O) groups is 3. The maximum atomic E-state index is 13.2. The van der Waals surface area contributed by atoms with Crippen LogP contribution in [0.25, 0.3) is 6.08 Å². The quantitative estimate of drug-likeness (QED) is 0.507. The Morgan fingerprint density at radius 3 is 2.57 bits per heavy atom. The number of halogens is 5. The Hall–Kier alpha value is -2.85. The smallest absolute Gasteiger partial charge is 0.324 e. The Kier molecular flexibility index (Phi) is 6.18. The molecule has 1 aliphatic rings. The van der Waals surface area contributed by atoms with Gasteiger partial charge in [-0.1, -0.05) is 23.7 Å². The lowest BCUT2D eigenvalue weighted by Crippen LogP contribution is -2.36. The van der Waals surface area contributed by atoms with Crippen LogP contribution in [0.4, 0.5) is 28.0 Å². The molecular formula is C19H11ClF4N2O3S. The van der Waals surface area contributed by atoms with Crippen molar-refractivity contribution < 1.29 is 31.9 Å². The standard InChI is InChI=1S/C19H11ClF4N2O3S/c20-13-8-12(4-5-14(13)21)25-16(27)9-26-17(28)15(30-18(26)29)7-10-2-1-3-11(6-10)19(22,23)24/h1-8H,9H2,(H,25,27)/b15-7+. The summed E-state index contributed by atoms with van der Waals surface area (Å²) >= 11 is 6.13. The normalized spacial score (nSPS) is 15.8. The summed E-state index contributed by atoms with van der Waals surface area (Å²) in [6, 6.07) is 7.72. The second-order valence-electron chi connectivity index (χ2n) is 6.07. The minimum absolute atomic E-state index is 0.0840. The van der Waals surface area contributed by atoms with Crippen LogP contribution in [-0.2, 0) is 15.8 Å². The summed E-state index contributed by atoms with van der Waals surface area (Å²) in [4.78, 5) is 37.2. The molecule has 11 heteroatoms. The summed E-state index contributed by atoms with van der Waals surface area (Å²) in [5.74, 6) is -2.23. The van der Waals surface area contributed by atoms with Crippen molar-refractivity contribution in [3.8, 4) is 0 Å². The molecular weight excluding hydrogens is 448 g/mol. The average molecular weight is 459 g/mol. The van der Waals surface area contributed by atoms with Crippen LogP contribution in [0, 0.1) is 5.82 Å². The highest BCUT2D eigenvalue weighted by Gasteiger charge is 2.36. The van der Waals surface area contributed by atoms with Crippen molar-refractivity contribution >= 4 is 52.2 Å². The molecule has 1 fully saturated rings. The molecule has 2 aromatic rings. The van der Waals surface area contributed by atoms with E-state index in [1.165, 1.54) is 18.2 Å². The summed E-state index contributed by atoms with van der Waals surface area (Å²) in [5.41, 5.74) is -0.647. The number of benzene rings is 2. The molecule has 0 radical (unpaired) electrons. The van der Waals surface area contributed by atoms with Gasteiger partial charge in [-0.2, -0.15) is 13.2 Å². The first-order valence-electron chi connectivity index (χ1n) is 8.22. The topological polar surface area (TPSA) is 66.5 Å². The van der Waals surface area contributed by atoms with Gasteiger partial charge in [0.15, 0.2) is 0 Å². The minimum Gasteiger partial charge on any atom is -0.324 e. The number of rotatable bonds is 4. The van der Waals surface area contributed by atoms with Crippen molar-refractivity contribution in [2.45, 2.75) is 6.18 Å². The number of anilines is 1. The van der Waals surface area contributed by atoms with Gasteiger partial charge in [0.25, 0.3) is 11.1 Å². The number of nitrogens with zero attached hydrogens (tertiary/aromatic N) is 1. The zero-order valence-electron chi connectivity index (χ0n) is 14.8. The van der Waals surface area contributed by atoms with Gasteiger partial charge in [0.2, 0.25) is 5.91 Å². The average Bonchev–Trinajstić information content (AvgIpc) is 2.92. The van der Waals surface area contributed by atoms with Gasteiger partial charge in [-0.15, -0.1) is 0 Å². The second-order valence-corrected chi connectivity index (χ2v) is 7.47. The van der Waals surface area contributed by atoms with Crippen LogP contribution in [0.3, 0.4) is 0 Å². The Morgan fingerprint density at radius 2 is 1.90 bits per heavy atom. The molecule has 1 heterocycles. The molecule has 0 unspecified atom stereocenters. The summed E-state index contributed by atoms with van der Waals surface area (Å²) in [6.07, 6.45) is -3.40. The van der Waals surface area contributed by atoms with Gasteiger partial charge in [-0.05, 0) is 53.7 Å². The third-order valence-corrected chi connectivity index (χ3v) is 5.09. The zero-order valence-corrected chi connectivity index (χ0v) is 16.4. The molecule has 0 saturated carbocycles. The number of carbonyl (C=O) groups excluding carboxylic acids is 3. The van der Waals surface area contributed by atoms with Crippen molar-refractivity contribution in [1.82, 2.24) is 4.90 Å². The van der Waals surface area contributed by atoms with Gasteiger partial charge in [-0.25, -0.2) is 4.39 Å². The minimum atomic E-state index is -4.55. The van der Waals surface area contributed by atoms with Gasteiger partial charge in [-0.3, -0.25) is 19.3 Å². The molecule has 0 aliphatic carbocycles. The molecule has 5 nitrogen and oxygen atoms in total. The highest BCUT2D eigenvalue weighted by atomic mass is 35.5. The monoisotopic (exact) mass is 458 g/mol. The number of alkyl halides is 3. The third-order valence-electron chi connectivity index (χ3n) is 3.89. The molecule has 0 spiro atoms. The van der Waals surface area contributed by atoms with E-state index >= 15 is 0 Å². The molecule has 3 amide bonds. The number of imide groups is 1. The Balaban J connectivity index is 1.72. The molecule has 30 heavy (non-hydrogen) atoms. The third kappa shape index (κ3) is 5.00. The molecule has 1 saturated heterocycles. The van der Waals surface area contributed by atoms with Crippen LogP contribution in [0.2, 0.25) is 5.02 Å². The first kappa shape index (κ1) is 21.8. The Labute approximate surface area is 176 Å². The predicted molar refractivity (Wildman–Crippen MR) is 104 cm³/mol.